The average Bonchev–Trinajstić information content (AvgIpc) is 2.76. The fourth-order valence-corrected chi connectivity index (χ4v) is 3.74. The first kappa shape index (κ1) is 21.3. The van der Waals surface area contributed by atoms with E-state index in [9.17, 15) is 13.6 Å². The van der Waals surface area contributed by atoms with E-state index in [2.05, 4.69) is 4.90 Å². The van der Waals surface area contributed by atoms with Gasteiger partial charge in [-0.25, -0.2) is 8.78 Å². The minimum absolute atomic E-state index is 0.00700. The molecule has 0 spiro atoms. The van der Waals surface area contributed by atoms with Gasteiger partial charge in [-0.05, 0) is 24.3 Å². The molecule has 1 aliphatic rings. The fourth-order valence-electron chi connectivity index (χ4n) is 3.52. The summed E-state index contributed by atoms with van der Waals surface area (Å²) in [5.74, 6) is -0.231. The van der Waals surface area contributed by atoms with Crippen molar-refractivity contribution in [2.75, 3.05) is 31.1 Å². The van der Waals surface area contributed by atoms with Crippen LogP contribution in [0.1, 0.15) is 11.3 Å². The minimum atomic E-state index is -0.497. The van der Waals surface area contributed by atoms with Crippen LogP contribution in [-0.4, -0.2) is 31.1 Å². The Hall–Kier alpha value is -2.90. The van der Waals surface area contributed by atoms with Crippen molar-refractivity contribution in [2.24, 2.45) is 0 Å². The van der Waals surface area contributed by atoms with Crippen molar-refractivity contribution < 1.29 is 17.9 Å². The molecule has 5 nitrogen and oxygen atoms in total. The van der Waals surface area contributed by atoms with Gasteiger partial charge >= 0.3 is 0 Å². The Bertz CT molecular complexity index is 1090. The van der Waals surface area contributed by atoms with Gasteiger partial charge in [0.05, 0.1) is 17.3 Å². The van der Waals surface area contributed by atoms with Crippen LogP contribution >= 0.6 is 11.6 Å². The van der Waals surface area contributed by atoms with Crippen molar-refractivity contribution in [1.29, 1.82) is 0 Å². The number of hydrogen-bond donors (Lipinski definition) is 0. The molecule has 1 fully saturated rings. The summed E-state index contributed by atoms with van der Waals surface area (Å²) in [4.78, 5) is 16.5. The molecule has 0 N–H and O–H groups in total. The quantitative estimate of drug-likeness (QED) is 0.559. The summed E-state index contributed by atoms with van der Waals surface area (Å²) >= 11 is 5.98. The summed E-state index contributed by atoms with van der Waals surface area (Å²) < 4.78 is 38.8. The number of hydrogen-bond acceptors (Lipinski definition) is 5. The smallest absolute Gasteiger partial charge is 0.227 e. The standard InChI is InChI=1S/C23H21ClF2N2O3/c24-18-4-3-6-19(25)17(18)14-31-23-15-30-16(12-22(23)29)13-27-8-10-28(11-9-27)21-7-2-1-5-20(21)26/h1-7,12,15H,8-11,13-14H2. The third kappa shape index (κ3) is 5.06. The molecule has 0 aliphatic carbocycles. The molecule has 0 saturated carbocycles. The molecule has 0 bridgehead atoms. The zero-order valence-electron chi connectivity index (χ0n) is 16.7. The molecule has 31 heavy (non-hydrogen) atoms. The van der Waals surface area contributed by atoms with E-state index in [1.54, 1.807) is 18.2 Å². The highest BCUT2D eigenvalue weighted by Crippen LogP contribution is 2.22. The summed E-state index contributed by atoms with van der Waals surface area (Å²) in [6.07, 6.45) is 1.24. The minimum Gasteiger partial charge on any atom is -0.482 e. The van der Waals surface area contributed by atoms with Crippen LogP contribution < -0.4 is 15.1 Å². The number of para-hydroxylation sites is 1. The summed E-state index contributed by atoms with van der Waals surface area (Å²) in [5.41, 5.74) is 0.434. The van der Waals surface area contributed by atoms with E-state index in [4.69, 9.17) is 20.8 Å². The Morgan fingerprint density at radius 2 is 1.74 bits per heavy atom. The first-order chi connectivity index (χ1) is 15.0. The molecule has 2 heterocycles. The molecule has 162 valence electrons. The van der Waals surface area contributed by atoms with Crippen LogP contribution in [-0.2, 0) is 13.2 Å². The molecule has 8 heteroatoms. The van der Waals surface area contributed by atoms with Crippen molar-refractivity contribution in [3.63, 3.8) is 0 Å². The summed E-state index contributed by atoms with van der Waals surface area (Å²) in [6.45, 7) is 3.06. The van der Waals surface area contributed by atoms with Crippen LogP contribution in [0.4, 0.5) is 14.5 Å². The van der Waals surface area contributed by atoms with Crippen molar-refractivity contribution in [3.8, 4) is 5.75 Å². The van der Waals surface area contributed by atoms with Crippen LogP contribution in [0.3, 0.4) is 0 Å². The number of halogens is 3. The lowest BCUT2D eigenvalue weighted by Gasteiger charge is -2.35. The SMILES string of the molecule is O=c1cc(CN2CCN(c3ccccc3F)CC2)occ1OCc1c(F)cccc1Cl. The number of piperazine rings is 1. The van der Waals surface area contributed by atoms with Crippen molar-refractivity contribution in [1.82, 2.24) is 4.90 Å². The zero-order chi connectivity index (χ0) is 21.8. The summed E-state index contributed by atoms with van der Waals surface area (Å²) in [5, 5.41) is 0.232. The number of benzene rings is 2. The molecule has 3 aromatic rings. The van der Waals surface area contributed by atoms with Gasteiger partial charge < -0.3 is 14.1 Å². The van der Waals surface area contributed by atoms with E-state index in [-0.39, 0.29) is 34.2 Å². The third-order valence-electron chi connectivity index (χ3n) is 5.23. The second-order valence-corrected chi connectivity index (χ2v) is 7.69. The second kappa shape index (κ2) is 9.49. The Kier molecular flexibility index (Phi) is 6.53. The van der Waals surface area contributed by atoms with Crippen LogP contribution in [0, 0.1) is 11.6 Å². The van der Waals surface area contributed by atoms with E-state index in [1.807, 2.05) is 11.0 Å². The normalized spacial score (nSPS) is 14.6. The van der Waals surface area contributed by atoms with Gasteiger partial charge in [0.1, 0.15) is 30.3 Å². The predicted molar refractivity (Wildman–Crippen MR) is 115 cm³/mol. The van der Waals surface area contributed by atoms with Gasteiger partial charge in [-0.15, -0.1) is 0 Å². The Morgan fingerprint density at radius 3 is 2.45 bits per heavy atom. The lowest BCUT2D eigenvalue weighted by atomic mass is 10.2. The first-order valence-corrected chi connectivity index (χ1v) is 10.3. The molecular weight excluding hydrogens is 426 g/mol. The highest BCUT2D eigenvalue weighted by Gasteiger charge is 2.20. The van der Waals surface area contributed by atoms with Gasteiger partial charge in [0.2, 0.25) is 11.2 Å². The maximum atomic E-state index is 14.0. The molecule has 0 atom stereocenters. The van der Waals surface area contributed by atoms with Crippen molar-refractivity contribution in [3.05, 3.63) is 93.0 Å². The molecule has 4 rings (SSSR count). The third-order valence-corrected chi connectivity index (χ3v) is 5.58. The van der Waals surface area contributed by atoms with E-state index in [1.165, 1.54) is 30.5 Å². The van der Waals surface area contributed by atoms with Crippen LogP contribution in [0.15, 0.2) is 64.0 Å². The van der Waals surface area contributed by atoms with Crippen molar-refractivity contribution >= 4 is 17.3 Å². The Balaban J connectivity index is 1.34. The number of rotatable bonds is 6. The highest BCUT2D eigenvalue weighted by molar-refractivity contribution is 6.31. The number of nitrogens with zero attached hydrogens (tertiary/aromatic N) is 2. The number of ether oxygens (including phenoxy) is 1. The Labute approximate surface area is 183 Å². The lowest BCUT2D eigenvalue weighted by Crippen LogP contribution is -2.46. The highest BCUT2D eigenvalue weighted by atomic mass is 35.5. The zero-order valence-corrected chi connectivity index (χ0v) is 17.4. The monoisotopic (exact) mass is 446 g/mol. The van der Waals surface area contributed by atoms with Crippen molar-refractivity contribution in [2.45, 2.75) is 13.2 Å². The lowest BCUT2D eigenvalue weighted by molar-refractivity contribution is 0.224. The topological polar surface area (TPSA) is 45.9 Å². The van der Waals surface area contributed by atoms with Gasteiger partial charge in [-0.3, -0.25) is 9.69 Å². The molecular formula is C23H21ClF2N2O3. The fraction of sp³-hybridized carbons (Fsp3) is 0.261. The van der Waals surface area contributed by atoms with Crippen LogP contribution in [0.5, 0.6) is 5.75 Å². The molecule has 1 aromatic heterocycles. The molecule has 1 aliphatic heterocycles. The van der Waals surface area contributed by atoms with Gasteiger partial charge in [0.15, 0.2) is 0 Å². The molecule has 1 saturated heterocycles. The molecule has 0 amide bonds. The average molecular weight is 447 g/mol. The summed E-state index contributed by atoms with van der Waals surface area (Å²) in [7, 11) is 0. The predicted octanol–water partition coefficient (Wildman–Crippen LogP) is 4.47. The maximum absolute atomic E-state index is 14.0. The largest absolute Gasteiger partial charge is 0.482 e. The second-order valence-electron chi connectivity index (χ2n) is 7.28. The molecule has 0 unspecified atom stereocenters. The Morgan fingerprint density at radius 1 is 1.00 bits per heavy atom. The van der Waals surface area contributed by atoms with E-state index < -0.39 is 5.82 Å². The molecule has 2 aromatic carbocycles. The van der Waals surface area contributed by atoms with Gasteiger partial charge in [0.25, 0.3) is 0 Å². The maximum Gasteiger partial charge on any atom is 0.227 e. The van der Waals surface area contributed by atoms with Gasteiger partial charge in [0, 0.05) is 37.8 Å². The van der Waals surface area contributed by atoms with Gasteiger partial charge in [-0.2, -0.15) is 0 Å². The molecule has 0 radical (unpaired) electrons. The van der Waals surface area contributed by atoms with Gasteiger partial charge in [-0.1, -0.05) is 29.8 Å². The van der Waals surface area contributed by atoms with Crippen LogP contribution in [0.25, 0.3) is 0 Å². The van der Waals surface area contributed by atoms with E-state index in [0.29, 0.717) is 44.2 Å². The van der Waals surface area contributed by atoms with E-state index >= 15 is 0 Å². The summed E-state index contributed by atoms with van der Waals surface area (Å²) in [6, 6.07) is 12.4. The number of anilines is 1. The first-order valence-electron chi connectivity index (χ1n) is 9.90. The van der Waals surface area contributed by atoms with Crippen LogP contribution in [0.2, 0.25) is 5.02 Å². The van der Waals surface area contributed by atoms with E-state index in [0.717, 1.165) is 0 Å².